The van der Waals surface area contributed by atoms with Crippen LogP contribution in [0.15, 0.2) is 22.7 Å². The van der Waals surface area contributed by atoms with E-state index in [1.54, 1.807) is 0 Å². The Balaban J connectivity index is 1.98. The molecule has 0 heterocycles. The minimum Gasteiger partial charge on any atom is -0.313 e. The standard InChI is InChI=1S/C15H21BrClN/c1-18-15(9-6-11-4-2-3-5-11)13-8-7-12(17)10-14(13)16/h7-8,10-11,15,18H,2-6,9H2,1H3. The highest BCUT2D eigenvalue weighted by molar-refractivity contribution is 9.10. The van der Waals surface area contributed by atoms with Crippen LogP contribution in [0.3, 0.4) is 0 Å². The highest BCUT2D eigenvalue weighted by Gasteiger charge is 2.18. The van der Waals surface area contributed by atoms with Crippen LogP contribution >= 0.6 is 27.5 Å². The van der Waals surface area contributed by atoms with Gasteiger partial charge in [0.05, 0.1) is 0 Å². The average molecular weight is 331 g/mol. The second kappa shape index (κ2) is 6.93. The van der Waals surface area contributed by atoms with Crippen molar-refractivity contribution >= 4 is 27.5 Å². The Kier molecular flexibility index (Phi) is 5.53. The van der Waals surface area contributed by atoms with E-state index in [4.69, 9.17) is 11.6 Å². The van der Waals surface area contributed by atoms with E-state index < -0.39 is 0 Å². The molecule has 1 aliphatic rings. The van der Waals surface area contributed by atoms with Gasteiger partial charge in [-0.3, -0.25) is 0 Å². The molecule has 1 atom stereocenters. The summed E-state index contributed by atoms with van der Waals surface area (Å²) in [6, 6.07) is 6.51. The average Bonchev–Trinajstić information content (AvgIpc) is 2.85. The lowest BCUT2D eigenvalue weighted by Crippen LogP contribution is -2.17. The maximum atomic E-state index is 6.00. The van der Waals surface area contributed by atoms with Gasteiger partial charge >= 0.3 is 0 Å². The summed E-state index contributed by atoms with van der Waals surface area (Å²) in [6.07, 6.45) is 8.26. The Morgan fingerprint density at radius 3 is 2.72 bits per heavy atom. The van der Waals surface area contributed by atoms with E-state index >= 15 is 0 Å². The van der Waals surface area contributed by atoms with Crippen molar-refractivity contribution in [1.29, 1.82) is 0 Å². The van der Waals surface area contributed by atoms with Gasteiger partial charge in [0.25, 0.3) is 0 Å². The molecule has 0 bridgehead atoms. The third-order valence-electron chi connectivity index (χ3n) is 4.02. The fourth-order valence-corrected chi connectivity index (χ4v) is 3.90. The first-order chi connectivity index (χ1) is 8.70. The summed E-state index contributed by atoms with van der Waals surface area (Å²) < 4.78 is 1.11. The van der Waals surface area contributed by atoms with Gasteiger partial charge in [0.15, 0.2) is 0 Å². The molecule has 0 aromatic heterocycles. The Hall–Kier alpha value is -0.0500. The maximum Gasteiger partial charge on any atom is 0.0417 e. The van der Waals surface area contributed by atoms with Crippen molar-refractivity contribution in [2.75, 3.05) is 7.05 Å². The predicted molar refractivity (Wildman–Crippen MR) is 82.1 cm³/mol. The summed E-state index contributed by atoms with van der Waals surface area (Å²) in [6.45, 7) is 0. The van der Waals surface area contributed by atoms with Crippen molar-refractivity contribution in [2.24, 2.45) is 5.92 Å². The van der Waals surface area contributed by atoms with E-state index in [9.17, 15) is 0 Å². The molecule has 3 heteroatoms. The normalized spacial score (nSPS) is 18.2. The molecule has 18 heavy (non-hydrogen) atoms. The van der Waals surface area contributed by atoms with Crippen LogP contribution < -0.4 is 5.32 Å². The highest BCUT2D eigenvalue weighted by Crippen LogP contribution is 2.33. The Bertz CT molecular complexity index is 388. The van der Waals surface area contributed by atoms with Gasteiger partial charge in [-0.2, -0.15) is 0 Å². The third-order valence-corrected chi connectivity index (χ3v) is 4.95. The Labute approximate surface area is 123 Å². The smallest absolute Gasteiger partial charge is 0.0417 e. The molecule has 1 saturated carbocycles. The molecular formula is C15H21BrClN. The SMILES string of the molecule is CNC(CCC1CCCC1)c1ccc(Cl)cc1Br. The number of hydrogen-bond acceptors (Lipinski definition) is 1. The molecule has 0 saturated heterocycles. The summed E-state index contributed by atoms with van der Waals surface area (Å²) in [5.74, 6) is 0.951. The Morgan fingerprint density at radius 1 is 1.39 bits per heavy atom. The van der Waals surface area contributed by atoms with E-state index in [1.807, 2.05) is 19.2 Å². The van der Waals surface area contributed by atoms with E-state index in [0.717, 1.165) is 15.4 Å². The van der Waals surface area contributed by atoms with Gasteiger partial charge in [0, 0.05) is 15.5 Å². The molecule has 0 radical (unpaired) electrons. The Morgan fingerprint density at radius 2 is 2.11 bits per heavy atom. The number of benzene rings is 1. The molecule has 1 N–H and O–H groups in total. The molecule has 100 valence electrons. The van der Waals surface area contributed by atoms with Crippen LogP contribution in [0.1, 0.15) is 50.1 Å². The molecule has 2 rings (SSSR count). The van der Waals surface area contributed by atoms with Gasteiger partial charge < -0.3 is 5.32 Å². The molecule has 0 spiro atoms. The summed E-state index contributed by atoms with van der Waals surface area (Å²) in [7, 11) is 2.04. The maximum absolute atomic E-state index is 6.00. The summed E-state index contributed by atoms with van der Waals surface area (Å²) in [4.78, 5) is 0. The summed E-state index contributed by atoms with van der Waals surface area (Å²) >= 11 is 9.61. The minimum absolute atomic E-state index is 0.428. The molecule has 1 unspecified atom stereocenters. The van der Waals surface area contributed by atoms with Crippen molar-refractivity contribution in [3.8, 4) is 0 Å². The molecule has 1 aromatic carbocycles. The number of halogens is 2. The monoisotopic (exact) mass is 329 g/mol. The van der Waals surface area contributed by atoms with Crippen molar-refractivity contribution in [3.05, 3.63) is 33.3 Å². The first-order valence-corrected chi connectivity index (χ1v) is 8.00. The van der Waals surface area contributed by atoms with Crippen LogP contribution in [0.25, 0.3) is 0 Å². The second-order valence-corrected chi connectivity index (χ2v) is 6.53. The number of nitrogens with one attached hydrogen (secondary N) is 1. The zero-order chi connectivity index (χ0) is 13.0. The van der Waals surface area contributed by atoms with E-state index in [-0.39, 0.29) is 0 Å². The van der Waals surface area contributed by atoms with Crippen LogP contribution in [0.2, 0.25) is 5.02 Å². The second-order valence-electron chi connectivity index (χ2n) is 5.23. The molecule has 0 aliphatic heterocycles. The lowest BCUT2D eigenvalue weighted by atomic mass is 9.95. The fourth-order valence-electron chi connectivity index (χ4n) is 2.94. The number of rotatable bonds is 5. The van der Waals surface area contributed by atoms with Crippen molar-refractivity contribution in [1.82, 2.24) is 5.32 Å². The molecular weight excluding hydrogens is 310 g/mol. The van der Waals surface area contributed by atoms with Crippen LogP contribution in [-0.2, 0) is 0 Å². The van der Waals surface area contributed by atoms with Gasteiger partial charge in [-0.1, -0.05) is 59.3 Å². The fraction of sp³-hybridized carbons (Fsp3) is 0.600. The van der Waals surface area contributed by atoms with Gasteiger partial charge in [-0.15, -0.1) is 0 Å². The zero-order valence-corrected chi connectivity index (χ0v) is 13.2. The quantitative estimate of drug-likeness (QED) is 0.769. The predicted octanol–water partition coefficient (Wildman–Crippen LogP) is 5.33. The van der Waals surface area contributed by atoms with Gasteiger partial charge in [-0.05, 0) is 43.5 Å². The van der Waals surface area contributed by atoms with Gasteiger partial charge in [-0.25, -0.2) is 0 Å². The largest absolute Gasteiger partial charge is 0.313 e. The highest BCUT2D eigenvalue weighted by atomic mass is 79.9. The van der Waals surface area contributed by atoms with E-state index in [2.05, 4.69) is 27.3 Å². The molecule has 1 aliphatic carbocycles. The van der Waals surface area contributed by atoms with Crippen molar-refractivity contribution in [2.45, 2.75) is 44.6 Å². The lowest BCUT2D eigenvalue weighted by Gasteiger charge is -2.20. The lowest BCUT2D eigenvalue weighted by molar-refractivity contribution is 0.427. The van der Waals surface area contributed by atoms with Crippen molar-refractivity contribution < 1.29 is 0 Å². The van der Waals surface area contributed by atoms with Gasteiger partial charge in [0.1, 0.15) is 0 Å². The van der Waals surface area contributed by atoms with Crippen LogP contribution in [0.4, 0.5) is 0 Å². The van der Waals surface area contributed by atoms with Crippen LogP contribution in [-0.4, -0.2) is 7.05 Å². The molecule has 0 amide bonds. The minimum atomic E-state index is 0.428. The molecule has 1 nitrogen and oxygen atoms in total. The third kappa shape index (κ3) is 3.72. The van der Waals surface area contributed by atoms with Crippen molar-refractivity contribution in [3.63, 3.8) is 0 Å². The molecule has 1 fully saturated rings. The topological polar surface area (TPSA) is 12.0 Å². The first-order valence-electron chi connectivity index (χ1n) is 6.83. The van der Waals surface area contributed by atoms with Crippen LogP contribution in [0.5, 0.6) is 0 Å². The van der Waals surface area contributed by atoms with E-state index in [0.29, 0.717) is 6.04 Å². The summed E-state index contributed by atoms with van der Waals surface area (Å²) in [5.41, 5.74) is 1.32. The summed E-state index contributed by atoms with van der Waals surface area (Å²) in [5, 5.41) is 4.22. The van der Waals surface area contributed by atoms with Crippen LogP contribution in [0, 0.1) is 5.92 Å². The first kappa shape index (κ1) is 14.4. The van der Waals surface area contributed by atoms with E-state index in [1.165, 1.54) is 44.1 Å². The number of hydrogen-bond donors (Lipinski definition) is 1. The molecule has 1 aromatic rings. The van der Waals surface area contributed by atoms with Gasteiger partial charge in [0.2, 0.25) is 0 Å². The zero-order valence-electron chi connectivity index (χ0n) is 10.9.